The number of likely N-dealkylation sites (tertiary alicyclic amines) is 1. The molecule has 0 radical (unpaired) electrons. The predicted molar refractivity (Wildman–Crippen MR) is 78.7 cm³/mol. The van der Waals surface area contributed by atoms with Crippen LogP contribution >= 0.6 is 0 Å². The number of amides is 2. The molecule has 1 atom stereocenters. The van der Waals surface area contributed by atoms with Gasteiger partial charge in [0.25, 0.3) is 5.91 Å². The van der Waals surface area contributed by atoms with E-state index >= 15 is 0 Å². The lowest BCUT2D eigenvalue weighted by Crippen LogP contribution is -2.41. The zero-order valence-electron chi connectivity index (χ0n) is 12.6. The van der Waals surface area contributed by atoms with Crippen molar-refractivity contribution in [2.45, 2.75) is 19.0 Å². The number of carbonyl (C=O) groups excluding carboxylic acids is 2. The molecular weight excluding hydrogens is 301 g/mol. The topological polar surface area (TPSA) is 80.1 Å². The van der Waals surface area contributed by atoms with Gasteiger partial charge in [0.2, 0.25) is 5.91 Å². The largest absolute Gasteiger partial charge is 0.339 e. The first-order valence-electron chi connectivity index (χ1n) is 7.23. The lowest BCUT2D eigenvalue weighted by atomic mass is 10.2. The standard InChI is InChI=1S/C15H16FN5O2/c1-20-17-8-13(19-20)14(22)18-12-6-7-21(15(12)23)9-10-2-4-11(16)5-3-10/h2-5,8,12H,6-7,9H2,1H3,(H,18,22). The van der Waals surface area contributed by atoms with Gasteiger partial charge in [0.15, 0.2) is 5.69 Å². The average Bonchev–Trinajstić information content (AvgIpc) is 3.10. The summed E-state index contributed by atoms with van der Waals surface area (Å²) < 4.78 is 12.9. The van der Waals surface area contributed by atoms with Gasteiger partial charge in [-0.3, -0.25) is 9.59 Å². The third kappa shape index (κ3) is 3.36. The fourth-order valence-corrected chi connectivity index (χ4v) is 2.52. The third-order valence-electron chi connectivity index (χ3n) is 3.72. The number of aromatic nitrogens is 3. The van der Waals surface area contributed by atoms with Crippen molar-refractivity contribution in [1.29, 1.82) is 0 Å². The van der Waals surface area contributed by atoms with Gasteiger partial charge in [-0.2, -0.15) is 9.90 Å². The molecule has 0 aliphatic carbocycles. The lowest BCUT2D eigenvalue weighted by molar-refractivity contribution is -0.129. The van der Waals surface area contributed by atoms with E-state index in [2.05, 4.69) is 15.5 Å². The Hall–Kier alpha value is -2.77. The highest BCUT2D eigenvalue weighted by molar-refractivity contribution is 5.96. The third-order valence-corrected chi connectivity index (χ3v) is 3.72. The van der Waals surface area contributed by atoms with Crippen molar-refractivity contribution >= 4 is 11.8 Å². The van der Waals surface area contributed by atoms with E-state index in [1.54, 1.807) is 24.1 Å². The van der Waals surface area contributed by atoms with Crippen molar-refractivity contribution in [2.75, 3.05) is 6.54 Å². The molecule has 1 saturated heterocycles. The van der Waals surface area contributed by atoms with E-state index in [0.717, 1.165) is 5.56 Å². The molecule has 2 amide bonds. The number of hydrogen-bond acceptors (Lipinski definition) is 4. The van der Waals surface area contributed by atoms with E-state index in [-0.39, 0.29) is 17.4 Å². The summed E-state index contributed by atoms with van der Waals surface area (Å²) in [5, 5.41) is 10.4. The van der Waals surface area contributed by atoms with E-state index in [1.165, 1.54) is 23.1 Å². The maximum atomic E-state index is 12.9. The normalized spacial score (nSPS) is 17.6. The van der Waals surface area contributed by atoms with E-state index < -0.39 is 11.9 Å². The molecule has 1 aliphatic heterocycles. The van der Waals surface area contributed by atoms with E-state index in [4.69, 9.17) is 0 Å². The number of hydrogen-bond donors (Lipinski definition) is 1. The SMILES string of the molecule is Cn1ncc(C(=O)NC2CCN(Cc3ccc(F)cc3)C2=O)n1. The highest BCUT2D eigenvalue weighted by Crippen LogP contribution is 2.16. The minimum atomic E-state index is -0.565. The quantitative estimate of drug-likeness (QED) is 0.890. The molecule has 2 heterocycles. The number of benzene rings is 1. The minimum absolute atomic E-state index is 0.147. The molecule has 1 aromatic carbocycles. The van der Waals surface area contributed by atoms with Gasteiger partial charge in [0.1, 0.15) is 11.9 Å². The average molecular weight is 317 g/mol. The molecule has 0 saturated carbocycles. The Kier molecular flexibility index (Phi) is 4.05. The maximum Gasteiger partial charge on any atom is 0.274 e. The van der Waals surface area contributed by atoms with Crippen LogP contribution in [0.3, 0.4) is 0 Å². The van der Waals surface area contributed by atoms with Gasteiger partial charge < -0.3 is 10.2 Å². The van der Waals surface area contributed by atoms with Crippen LogP contribution in [-0.2, 0) is 18.4 Å². The van der Waals surface area contributed by atoms with Crippen LogP contribution in [0, 0.1) is 5.82 Å². The first-order valence-corrected chi connectivity index (χ1v) is 7.23. The summed E-state index contributed by atoms with van der Waals surface area (Å²) in [5.74, 6) is -0.873. The predicted octanol–water partition coefficient (Wildman–Crippen LogP) is 0.485. The van der Waals surface area contributed by atoms with Crippen molar-refractivity contribution in [2.24, 2.45) is 7.05 Å². The molecule has 1 fully saturated rings. The van der Waals surface area contributed by atoms with Gasteiger partial charge in [0, 0.05) is 20.1 Å². The summed E-state index contributed by atoms with van der Waals surface area (Å²) in [5.41, 5.74) is 1.03. The van der Waals surface area contributed by atoms with Gasteiger partial charge in [-0.05, 0) is 24.1 Å². The summed E-state index contributed by atoms with van der Waals surface area (Å²) >= 11 is 0. The van der Waals surface area contributed by atoms with Gasteiger partial charge in [0.05, 0.1) is 6.20 Å². The Labute approximate surface area is 132 Å². The number of aryl methyl sites for hydroxylation is 1. The maximum absolute atomic E-state index is 12.9. The smallest absolute Gasteiger partial charge is 0.274 e. The number of nitrogens with zero attached hydrogens (tertiary/aromatic N) is 4. The molecule has 7 nitrogen and oxygen atoms in total. The number of nitrogens with one attached hydrogen (secondary N) is 1. The van der Waals surface area contributed by atoms with Crippen LogP contribution in [0.25, 0.3) is 0 Å². The summed E-state index contributed by atoms with van der Waals surface area (Å²) in [7, 11) is 1.61. The first-order chi connectivity index (χ1) is 11.0. The molecule has 1 N–H and O–H groups in total. The zero-order valence-corrected chi connectivity index (χ0v) is 12.6. The van der Waals surface area contributed by atoms with Crippen LogP contribution in [0.1, 0.15) is 22.5 Å². The number of rotatable bonds is 4. The zero-order chi connectivity index (χ0) is 16.4. The van der Waals surface area contributed by atoms with E-state index in [0.29, 0.717) is 19.5 Å². The number of halogens is 1. The summed E-state index contributed by atoms with van der Waals surface area (Å²) in [4.78, 5) is 27.3. The van der Waals surface area contributed by atoms with Crippen molar-refractivity contribution in [3.63, 3.8) is 0 Å². The molecule has 23 heavy (non-hydrogen) atoms. The second kappa shape index (κ2) is 6.15. The second-order valence-electron chi connectivity index (χ2n) is 5.42. The Morgan fingerprint density at radius 1 is 1.39 bits per heavy atom. The van der Waals surface area contributed by atoms with E-state index in [9.17, 15) is 14.0 Å². The van der Waals surface area contributed by atoms with Gasteiger partial charge >= 0.3 is 0 Å². The Morgan fingerprint density at radius 3 is 2.78 bits per heavy atom. The fraction of sp³-hybridized carbons (Fsp3) is 0.333. The number of carbonyl (C=O) groups is 2. The van der Waals surface area contributed by atoms with Crippen LogP contribution in [0.2, 0.25) is 0 Å². The van der Waals surface area contributed by atoms with E-state index in [1.807, 2.05) is 0 Å². The molecule has 8 heteroatoms. The van der Waals surface area contributed by atoms with Gasteiger partial charge in [-0.25, -0.2) is 4.39 Å². The lowest BCUT2D eigenvalue weighted by Gasteiger charge is -2.17. The molecule has 2 aromatic rings. The first kappa shape index (κ1) is 15.1. The van der Waals surface area contributed by atoms with Crippen LogP contribution in [-0.4, -0.2) is 44.3 Å². The molecule has 1 aromatic heterocycles. The highest BCUT2D eigenvalue weighted by atomic mass is 19.1. The van der Waals surface area contributed by atoms with Gasteiger partial charge in [-0.15, -0.1) is 5.10 Å². The van der Waals surface area contributed by atoms with Crippen molar-refractivity contribution in [3.05, 3.63) is 47.5 Å². The molecule has 1 unspecified atom stereocenters. The summed E-state index contributed by atoms with van der Waals surface area (Å²) in [6.07, 6.45) is 1.89. The van der Waals surface area contributed by atoms with Crippen LogP contribution < -0.4 is 5.32 Å². The van der Waals surface area contributed by atoms with Crippen LogP contribution in [0.15, 0.2) is 30.5 Å². The molecule has 1 aliphatic rings. The highest BCUT2D eigenvalue weighted by Gasteiger charge is 2.33. The molecule has 120 valence electrons. The van der Waals surface area contributed by atoms with Gasteiger partial charge in [-0.1, -0.05) is 12.1 Å². The summed E-state index contributed by atoms with van der Waals surface area (Å²) in [6.45, 7) is 0.943. The van der Waals surface area contributed by atoms with Crippen molar-refractivity contribution < 1.29 is 14.0 Å². The van der Waals surface area contributed by atoms with Crippen LogP contribution in [0.5, 0.6) is 0 Å². The van der Waals surface area contributed by atoms with Crippen molar-refractivity contribution in [3.8, 4) is 0 Å². The monoisotopic (exact) mass is 317 g/mol. The van der Waals surface area contributed by atoms with Crippen molar-refractivity contribution in [1.82, 2.24) is 25.2 Å². The van der Waals surface area contributed by atoms with Crippen LogP contribution in [0.4, 0.5) is 4.39 Å². The fourth-order valence-electron chi connectivity index (χ4n) is 2.52. The molecule has 0 bridgehead atoms. The molecular formula is C15H16FN5O2. The Bertz CT molecular complexity index is 728. The molecule has 0 spiro atoms. The Morgan fingerprint density at radius 2 is 2.13 bits per heavy atom. The Balaban J connectivity index is 1.60. The second-order valence-corrected chi connectivity index (χ2v) is 5.42. The molecule has 3 rings (SSSR count). The summed E-state index contributed by atoms with van der Waals surface area (Å²) in [6, 6.07) is 5.46. The minimum Gasteiger partial charge on any atom is -0.339 e.